The average Bonchev–Trinajstić information content (AvgIpc) is 2.97. The van der Waals surface area contributed by atoms with Crippen molar-refractivity contribution >= 4 is 5.97 Å². The van der Waals surface area contributed by atoms with Crippen molar-refractivity contribution in [3.8, 4) is 0 Å². The molecule has 5 heteroatoms. The number of hydrogen-bond donors (Lipinski definition) is 0. The van der Waals surface area contributed by atoms with Crippen molar-refractivity contribution in [3.63, 3.8) is 0 Å². The summed E-state index contributed by atoms with van der Waals surface area (Å²) >= 11 is 0. The Hall–Kier alpha value is -1.33. The zero-order valence-corrected chi connectivity index (χ0v) is 10.8. The summed E-state index contributed by atoms with van der Waals surface area (Å²) in [5, 5.41) is 0. The molecular formula is C13H20N2O3. The van der Waals surface area contributed by atoms with Crippen molar-refractivity contribution in [2.24, 2.45) is 0 Å². The van der Waals surface area contributed by atoms with E-state index in [0.29, 0.717) is 13.2 Å². The van der Waals surface area contributed by atoms with Crippen molar-refractivity contribution in [2.75, 3.05) is 32.8 Å². The summed E-state index contributed by atoms with van der Waals surface area (Å²) < 4.78 is 10.8. The standard InChI is InChI=1S/C13H20N2O3/c1-3-12(16)17-9-7-14-8-10-18-13(14)15-6-4-5-11(15)2/h3,5,13H,1,4,6-10H2,2H3. The highest BCUT2D eigenvalue weighted by Gasteiger charge is 2.32. The fourth-order valence-corrected chi connectivity index (χ4v) is 2.31. The van der Waals surface area contributed by atoms with E-state index in [1.165, 1.54) is 11.8 Å². The lowest BCUT2D eigenvalue weighted by Crippen LogP contribution is -2.44. The summed E-state index contributed by atoms with van der Waals surface area (Å²) in [5.41, 5.74) is 1.26. The van der Waals surface area contributed by atoms with Crippen molar-refractivity contribution < 1.29 is 14.3 Å². The lowest BCUT2D eigenvalue weighted by molar-refractivity contribution is -0.139. The molecule has 0 radical (unpaired) electrons. The van der Waals surface area contributed by atoms with Crippen LogP contribution in [-0.4, -0.2) is 55.0 Å². The van der Waals surface area contributed by atoms with E-state index in [4.69, 9.17) is 9.47 Å². The van der Waals surface area contributed by atoms with Gasteiger partial charge in [0.05, 0.1) is 6.61 Å². The molecule has 0 aliphatic carbocycles. The highest BCUT2D eigenvalue weighted by molar-refractivity contribution is 5.81. The van der Waals surface area contributed by atoms with E-state index < -0.39 is 0 Å². The van der Waals surface area contributed by atoms with Gasteiger partial charge in [0.2, 0.25) is 0 Å². The molecule has 1 atom stereocenters. The maximum atomic E-state index is 11.0. The molecule has 0 bridgehead atoms. The Morgan fingerprint density at radius 3 is 3.17 bits per heavy atom. The zero-order chi connectivity index (χ0) is 13.0. The molecule has 2 rings (SSSR count). The molecule has 0 amide bonds. The third-order valence-electron chi connectivity index (χ3n) is 3.28. The molecule has 0 spiro atoms. The second kappa shape index (κ2) is 6.02. The Morgan fingerprint density at radius 1 is 1.67 bits per heavy atom. The number of hydrogen-bond acceptors (Lipinski definition) is 5. The minimum atomic E-state index is -0.371. The molecule has 2 aliphatic rings. The number of carbonyl (C=O) groups excluding carboxylic acids is 1. The highest BCUT2D eigenvalue weighted by atomic mass is 16.5. The van der Waals surface area contributed by atoms with Gasteiger partial charge in [-0.2, -0.15) is 0 Å². The SMILES string of the molecule is C=CC(=O)OCCN1CCOC1N1CCC=C1C. The van der Waals surface area contributed by atoms with E-state index in [2.05, 4.69) is 29.4 Å². The first-order valence-corrected chi connectivity index (χ1v) is 6.30. The second-order valence-corrected chi connectivity index (χ2v) is 4.43. The summed E-state index contributed by atoms with van der Waals surface area (Å²) in [6, 6.07) is 0. The van der Waals surface area contributed by atoms with Gasteiger partial charge in [-0.05, 0) is 13.3 Å². The Morgan fingerprint density at radius 2 is 2.50 bits per heavy atom. The van der Waals surface area contributed by atoms with Crippen LogP contribution in [0, 0.1) is 0 Å². The predicted octanol–water partition coefficient (Wildman–Crippen LogP) is 0.941. The molecule has 5 nitrogen and oxygen atoms in total. The van der Waals surface area contributed by atoms with Crippen LogP contribution >= 0.6 is 0 Å². The molecule has 0 aromatic rings. The largest absolute Gasteiger partial charge is 0.461 e. The Kier molecular flexibility index (Phi) is 4.38. The molecule has 2 heterocycles. The lowest BCUT2D eigenvalue weighted by atomic mass is 10.4. The maximum absolute atomic E-state index is 11.0. The second-order valence-electron chi connectivity index (χ2n) is 4.43. The maximum Gasteiger partial charge on any atom is 0.330 e. The average molecular weight is 252 g/mol. The summed E-state index contributed by atoms with van der Waals surface area (Å²) in [5.74, 6) is -0.371. The molecule has 1 unspecified atom stereocenters. The Labute approximate surface area is 108 Å². The van der Waals surface area contributed by atoms with Crippen LogP contribution < -0.4 is 0 Å². The van der Waals surface area contributed by atoms with Crippen LogP contribution in [0.25, 0.3) is 0 Å². The van der Waals surface area contributed by atoms with E-state index in [1.807, 2.05) is 0 Å². The van der Waals surface area contributed by atoms with E-state index in [0.717, 1.165) is 26.1 Å². The number of allylic oxidation sites excluding steroid dienone is 1. The van der Waals surface area contributed by atoms with Crippen LogP contribution in [-0.2, 0) is 14.3 Å². The van der Waals surface area contributed by atoms with Gasteiger partial charge < -0.3 is 14.4 Å². The number of nitrogens with zero attached hydrogens (tertiary/aromatic N) is 2. The summed E-state index contributed by atoms with van der Waals surface area (Å²) in [6.07, 6.45) is 4.47. The van der Waals surface area contributed by atoms with E-state index in [-0.39, 0.29) is 12.3 Å². The fraction of sp³-hybridized carbons (Fsp3) is 0.615. The molecule has 2 aliphatic heterocycles. The van der Waals surface area contributed by atoms with Gasteiger partial charge in [0.1, 0.15) is 6.61 Å². The minimum absolute atomic E-state index is 0.00816. The van der Waals surface area contributed by atoms with E-state index in [1.54, 1.807) is 0 Å². The van der Waals surface area contributed by atoms with Gasteiger partial charge in [0, 0.05) is 31.4 Å². The van der Waals surface area contributed by atoms with Crippen LogP contribution in [0.1, 0.15) is 13.3 Å². The number of carbonyl (C=O) groups is 1. The van der Waals surface area contributed by atoms with Gasteiger partial charge in [0.15, 0.2) is 6.35 Å². The first-order chi connectivity index (χ1) is 8.72. The molecule has 1 saturated heterocycles. The van der Waals surface area contributed by atoms with E-state index in [9.17, 15) is 4.79 Å². The first-order valence-electron chi connectivity index (χ1n) is 6.30. The predicted molar refractivity (Wildman–Crippen MR) is 67.5 cm³/mol. The van der Waals surface area contributed by atoms with Crippen LogP contribution in [0.5, 0.6) is 0 Å². The quantitative estimate of drug-likeness (QED) is 0.538. The van der Waals surface area contributed by atoms with Gasteiger partial charge in [-0.25, -0.2) is 4.79 Å². The van der Waals surface area contributed by atoms with Crippen LogP contribution in [0.15, 0.2) is 24.4 Å². The smallest absolute Gasteiger partial charge is 0.330 e. The Balaban J connectivity index is 1.82. The lowest BCUT2D eigenvalue weighted by Gasteiger charge is -2.33. The molecule has 18 heavy (non-hydrogen) atoms. The van der Waals surface area contributed by atoms with Crippen molar-refractivity contribution in [3.05, 3.63) is 24.4 Å². The topological polar surface area (TPSA) is 42.0 Å². The van der Waals surface area contributed by atoms with E-state index >= 15 is 0 Å². The van der Waals surface area contributed by atoms with Gasteiger partial charge in [0.25, 0.3) is 0 Å². The third-order valence-corrected chi connectivity index (χ3v) is 3.28. The fourth-order valence-electron chi connectivity index (χ4n) is 2.31. The normalized spacial score (nSPS) is 24.2. The molecule has 0 N–H and O–H groups in total. The molecule has 0 aromatic carbocycles. The van der Waals surface area contributed by atoms with Crippen LogP contribution in [0.2, 0.25) is 0 Å². The molecule has 1 fully saturated rings. The molecule has 0 saturated carbocycles. The van der Waals surface area contributed by atoms with Crippen LogP contribution in [0.4, 0.5) is 0 Å². The van der Waals surface area contributed by atoms with Gasteiger partial charge in [-0.15, -0.1) is 0 Å². The third kappa shape index (κ3) is 2.91. The van der Waals surface area contributed by atoms with Crippen molar-refractivity contribution in [1.82, 2.24) is 9.80 Å². The highest BCUT2D eigenvalue weighted by Crippen LogP contribution is 2.23. The number of rotatable bonds is 5. The molecule has 0 aromatic heterocycles. The zero-order valence-electron chi connectivity index (χ0n) is 10.8. The molecular weight excluding hydrogens is 232 g/mol. The van der Waals surface area contributed by atoms with Crippen molar-refractivity contribution in [1.29, 1.82) is 0 Å². The van der Waals surface area contributed by atoms with Gasteiger partial charge in [-0.1, -0.05) is 12.7 Å². The summed E-state index contributed by atoms with van der Waals surface area (Å²) in [7, 11) is 0. The monoisotopic (exact) mass is 252 g/mol. The van der Waals surface area contributed by atoms with Gasteiger partial charge >= 0.3 is 5.97 Å². The molecule has 100 valence electrons. The summed E-state index contributed by atoms with van der Waals surface area (Å²) in [4.78, 5) is 15.4. The number of ether oxygens (including phenoxy) is 2. The first kappa shape index (κ1) is 13.1. The summed E-state index contributed by atoms with van der Waals surface area (Å²) in [6.45, 7) is 9.14. The van der Waals surface area contributed by atoms with Gasteiger partial charge in [-0.3, -0.25) is 4.90 Å². The Bertz CT molecular complexity index is 354. The number of esters is 1. The van der Waals surface area contributed by atoms with Crippen LogP contribution in [0.3, 0.4) is 0 Å². The van der Waals surface area contributed by atoms with Crippen molar-refractivity contribution in [2.45, 2.75) is 19.7 Å². The minimum Gasteiger partial charge on any atom is -0.461 e.